The first kappa shape index (κ1) is 12.9. The van der Waals surface area contributed by atoms with Crippen molar-refractivity contribution in [2.75, 3.05) is 26.9 Å². The normalized spacial score (nSPS) is 26.8. The van der Waals surface area contributed by atoms with Gasteiger partial charge in [-0.05, 0) is 45.6 Å². The Hall–Kier alpha value is -0.120. The molecule has 1 heterocycles. The van der Waals surface area contributed by atoms with E-state index in [0.717, 1.165) is 26.2 Å². The van der Waals surface area contributed by atoms with Gasteiger partial charge in [-0.1, -0.05) is 0 Å². The van der Waals surface area contributed by atoms with Gasteiger partial charge in [-0.15, -0.1) is 0 Å². The van der Waals surface area contributed by atoms with Gasteiger partial charge in [0, 0.05) is 26.4 Å². The highest BCUT2D eigenvalue weighted by Crippen LogP contribution is 2.13. The van der Waals surface area contributed by atoms with E-state index in [0.29, 0.717) is 12.1 Å². The second kappa shape index (κ2) is 8.08. The fraction of sp³-hybridized carbons (Fsp3) is 1.00. The van der Waals surface area contributed by atoms with Crippen LogP contribution in [0.25, 0.3) is 0 Å². The van der Waals surface area contributed by atoms with Crippen LogP contribution in [0.3, 0.4) is 0 Å². The van der Waals surface area contributed by atoms with Crippen LogP contribution in [0, 0.1) is 0 Å². The number of ether oxygens (including phenoxy) is 2. The Morgan fingerprint density at radius 3 is 2.93 bits per heavy atom. The standard InChI is InChI=1S/C12H25NO2/c1-11-10-12(6-9-15-11)13-7-4-3-5-8-14-2/h11-13H,3-10H2,1-2H3. The molecule has 0 aliphatic carbocycles. The Bertz CT molecular complexity index is 153. The second-order valence-corrected chi connectivity index (χ2v) is 4.41. The van der Waals surface area contributed by atoms with Gasteiger partial charge >= 0.3 is 0 Å². The molecule has 1 fully saturated rings. The quantitative estimate of drug-likeness (QED) is 0.659. The molecule has 0 saturated carbocycles. The maximum absolute atomic E-state index is 5.51. The van der Waals surface area contributed by atoms with Crippen molar-refractivity contribution in [1.82, 2.24) is 5.32 Å². The van der Waals surface area contributed by atoms with Crippen molar-refractivity contribution in [3.05, 3.63) is 0 Å². The minimum atomic E-state index is 0.435. The second-order valence-electron chi connectivity index (χ2n) is 4.41. The molecule has 1 aliphatic rings. The van der Waals surface area contributed by atoms with Crippen LogP contribution >= 0.6 is 0 Å². The Morgan fingerprint density at radius 2 is 2.20 bits per heavy atom. The predicted octanol–water partition coefficient (Wildman–Crippen LogP) is 1.96. The smallest absolute Gasteiger partial charge is 0.0561 e. The molecule has 1 saturated heterocycles. The molecule has 1 aliphatic heterocycles. The molecule has 15 heavy (non-hydrogen) atoms. The first-order valence-electron chi connectivity index (χ1n) is 6.17. The molecule has 2 atom stereocenters. The van der Waals surface area contributed by atoms with Crippen molar-refractivity contribution in [2.45, 2.75) is 51.2 Å². The summed E-state index contributed by atoms with van der Waals surface area (Å²) < 4.78 is 10.5. The van der Waals surface area contributed by atoms with Crippen molar-refractivity contribution in [2.24, 2.45) is 0 Å². The lowest BCUT2D eigenvalue weighted by atomic mass is 10.0. The molecule has 1 rings (SSSR count). The lowest BCUT2D eigenvalue weighted by molar-refractivity contribution is 0.0133. The van der Waals surface area contributed by atoms with Crippen LogP contribution in [-0.2, 0) is 9.47 Å². The van der Waals surface area contributed by atoms with E-state index >= 15 is 0 Å². The maximum atomic E-state index is 5.51. The van der Waals surface area contributed by atoms with Crippen molar-refractivity contribution in [3.63, 3.8) is 0 Å². The van der Waals surface area contributed by atoms with Crippen LogP contribution in [0.4, 0.5) is 0 Å². The summed E-state index contributed by atoms with van der Waals surface area (Å²) in [6.45, 7) is 5.12. The highest BCUT2D eigenvalue weighted by Gasteiger charge is 2.17. The zero-order valence-corrected chi connectivity index (χ0v) is 10.1. The number of rotatable bonds is 7. The van der Waals surface area contributed by atoms with Gasteiger partial charge in [-0.2, -0.15) is 0 Å². The van der Waals surface area contributed by atoms with Crippen molar-refractivity contribution in [1.29, 1.82) is 0 Å². The molecule has 3 heteroatoms. The maximum Gasteiger partial charge on any atom is 0.0561 e. The van der Waals surface area contributed by atoms with Crippen LogP contribution < -0.4 is 5.32 Å². The molecular formula is C12H25NO2. The summed E-state index contributed by atoms with van der Waals surface area (Å²) >= 11 is 0. The first-order chi connectivity index (χ1) is 7.33. The van der Waals surface area contributed by atoms with E-state index in [1.807, 2.05) is 0 Å². The molecule has 0 aromatic heterocycles. The summed E-state index contributed by atoms with van der Waals surface area (Å²) in [5.41, 5.74) is 0. The van der Waals surface area contributed by atoms with Gasteiger partial charge in [0.25, 0.3) is 0 Å². The monoisotopic (exact) mass is 215 g/mol. The average molecular weight is 215 g/mol. The molecule has 0 spiro atoms. The van der Waals surface area contributed by atoms with Crippen LogP contribution in [0.2, 0.25) is 0 Å². The number of methoxy groups -OCH3 is 1. The molecular weight excluding hydrogens is 190 g/mol. The van der Waals surface area contributed by atoms with E-state index in [4.69, 9.17) is 9.47 Å². The van der Waals surface area contributed by atoms with Gasteiger partial charge < -0.3 is 14.8 Å². The number of hydrogen-bond donors (Lipinski definition) is 1. The Labute approximate surface area is 93.5 Å². The first-order valence-corrected chi connectivity index (χ1v) is 6.17. The van der Waals surface area contributed by atoms with E-state index in [9.17, 15) is 0 Å². The fourth-order valence-electron chi connectivity index (χ4n) is 2.04. The van der Waals surface area contributed by atoms with Gasteiger partial charge in [0.05, 0.1) is 6.10 Å². The molecule has 1 N–H and O–H groups in total. The van der Waals surface area contributed by atoms with Crippen LogP contribution in [0.5, 0.6) is 0 Å². The van der Waals surface area contributed by atoms with Gasteiger partial charge in [-0.3, -0.25) is 0 Å². The summed E-state index contributed by atoms with van der Waals surface area (Å²) in [4.78, 5) is 0. The predicted molar refractivity (Wildman–Crippen MR) is 62.2 cm³/mol. The van der Waals surface area contributed by atoms with Gasteiger partial charge in [0.2, 0.25) is 0 Å². The van der Waals surface area contributed by atoms with Gasteiger partial charge in [-0.25, -0.2) is 0 Å². The third-order valence-electron chi connectivity index (χ3n) is 2.94. The van der Waals surface area contributed by atoms with E-state index in [1.165, 1.54) is 25.7 Å². The van der Waals surface area contributed by atoms with E-state index in [2.05, 4.69) is 12.2 Å². The molecule has 0 aromatic rings. The molecule has 0 bridgehead atoms. The average Bonchev–Trinajstić information content (AvgIpc) is 2.23. The zero-order chi connectivity index (χ0) is 10.9. The summed E-state index contributed by atoms with van der Waals surface area (Å²) in [5.74, 6) is 0. The lowest BCUT2D eigenvalue weighted by Crippen LogP contribution is -2.38. The molecule has 3 nitrogen and oxygen atoms in total. The highest BCUT2D eigenvalue weighted by atomic mass is 16.5. The number of unbranched alkanes of at least 4 members (excludes halogenated alkanes) is 2. The summed E-state index contributed by atoms with van der Waals surface area (Å²) in [5, 5.41) is 3.61. The minimum absolute atomic E-state index is 0.435. The Balaban J connectivity index is 1.90. The van der Waals surface area contributed by atoms with Crippen LogP contribution in [0.1, 0.15) is 39.0 Å². The number of hydrogen-bond acceptors (Lipinski definition) is 3. The van der Waals surface area contributed by atoms with Gasteiger partial charge in [0.15, 0.2) is 0 Å². The van der Waals surface area contributed by atoms with Crippen molar-refractivity contribution < 1.29 is 9.47 Å². The molecule has 90 valence electrons. The van der Waals surface area contributed by atoms with E-state index in [1.54, 1.807) is 7.11 Å². The topological polar surface area (TPSA) is 30.5 Å². The third kappa shape index (κ3) is 6.13. The minimum Gasteiger partial charge on any atom is -0.385 e. The summed E-state index contributed by atoms with van der Waals surface area (Å²) in [7, 11) is 1.77. The third-order valence-corrected chi connectivity index (χ3v) is 2.94. The highest BCUT2D eigenvalue weighted by molar-refractivity contribution is 4.74. The van der Waals surface area contributed by atoms with E-state index < -0.39 is 0 Å². The number of nitrogens with one attached hydrogen (secondary N) is 1. The molecule has 2 unspecified atom stereocenters. The molecule has 0 radical (unpaired) electrons. The van der Waals surface area contributed by atoms with Gasteiger partial charge in [0.1, 0.15) is 0 Å². The molecule has 0 amide bonds. The largest absolute Gasteiger partial charge is 0.385 e. The summed E-state index contributed by atoms with van der Waals surface area (Å²) in [6.07, 6.45) is 6.47. The SMILES string of the molecule is COCCCCCNC1CCOC(C)C1. The summed E-state index contributed by atoms with van der Waals surface area (Å²) in [6, 6.07) is 0.677. The zero-order valence-electron chi connectivity index (χ0n) is 10.1. The van der Waals surface area contributed by atoms with Crippen LogP contribution in [-0.4, -0.2) is 39.0 Å². The lowest BCUT2D eigenvalue weighted by Gasteiger charge is -2.28. The van der Waals surface area contributed by atoms with Crippen molar-refractivity contribution >= 4 is 0 Å². The van der Waals surface area contributed by atoms with E-state index in [-0.39, 0.29) is 0 Å². The van der Waals surface area contributed by atoms with Crippen molar-refractivity contribution in [3.8, 4) is 0 Å². The molecule has 0 aromatic carbocycles. The van der Waals surface area contributed by atoms with Crippen LogP contribution in [0.15, 0.2) is 0 Å². The Kier molecular flexibility index (Phi) is 6.98. The fourth-order valence-corrected chi connectivity index (χ4v) is 2.04. The Morgan fingerprint density at radius 1 is 1.33 bits per heavy atom.